The lowest BCUT2D eigenvalue weighted by molar-refractivity contribution is -0.137. The summed E-state index contributed by atoms with van der Waals surface area (Å²) in [5.74, 6) is -0.117. The Kier molecular flexibility index (Phi) is 5.56. The van der Waals surface area contributed by atoms with Crippen molar-refractivity contribution in [3.8, 4) is 0 Å². The maximum Gasteiger partial charge on any atom is 0.335 e. The van der Waals surface area contributed by atoms with E-state index in [2.05, 4.69) is 0 Å². The monoisotopic (exact) mass is 254 g/mol. The summed E-state index contributed by atoms with van der Waals surface area (Å²) in [4.78, 5) is 20.9. The maximum atomic E-state index is 10.6. The summed E-state index contributed by atoms with van der Waals surface area (Å²) in [6.07, 6.45) is 0.859. The Labute approximate surface area is 104 Å². The zero-order valence-corrected chi connectivity index (χ0v) is 10.1. The topological polar surface area (TPSA) is 74.6 Å². The van der Waals surface area contributed by atoms with E-state index >= 15 is 0 Å². The van der Waals surface area contributed by atoms with Gasteiger partial charge in [-0.3, -0.25) is 4.79 Å². The van der Waals surface area contributed by atoms with Crippen molar-refractivity contribution >= 4 is 23.7 Å². The van der Waals surface area contributed by atoms with E-state index in [1.54, 1.807) is 36.0 Å². The fourth-order valence-electron chi connectivity index (χ4n) is 1.26. The second-order valence-corrected chi connectivity index (χ2v) is 4.66. The third kappa shape index (κ3) is 5.40. The highest BCUT2D eigenvalue weighted by atomic mass is 32.2. The van der Waals surface area contributed by atoms with E-state index in [4.69, 9.17) is 10.2 Å². The molecule has 0 saturated carbocycles. The standard InChI is InChI=1S/C12H14O4S/c13-11(14)2-1-7-17-8-9-3-5-10(6-4-9)12(15)16/h3-6H,1-2,7-8H2,(H,13,14)(H,15,16). The molecule has 92 valence electrons. The second kappa shape index (κ2) is 6.96. The van der Waals surface area contributed by atoms with Crippen molar-refractivity contribution in [2.24, 2.45) is 0 Å². The quantitative estimate of drug-likeness (QED) is 0.731. The molecule has 0 aromatic heterocycles. The average molecular weight is 254 g/mol. The van der Waals surface area contributed by atoms with Gasteiger partial charge in [0.25, 0.3) is 0 Å². The molecule has 0 spiro atoms. The largest absolute Gasteiger partial charge is 0.481 e. The molecule has 0 unspecified atom stereocenters. The van der Waals surface area contributed by atoms with E-state index in [1.807, 2.05) is 0 Å². The van der Waals surface area contributed by atoms with Crippen LogP contribution in [0.25, 0.3) is 0 Å². The molecule has 5 heteroatoms. The van der Waals surface area contributed by atoms with Crippen LogP contribution in [0.2, 0.25) is 0 Å². The fraction of sp³-hybridized carbons (Fsp3) is 0.333. The van der Waals surface area contributed by atoms with Crippen LogP contribution in [0, 0.1) is 0 Å². The van der Waals surface area contributed by atoms with Gasteiger partial charge in [0.1, 0.15) is 0 Å². The van der Waals surface area contributed by atoms with Crippen LogP contribution in [0.4, 0.5) is 0 Å². The van der Waals surface area contributed by atoms with E-state index in [-0.39, 0.29) is 12.0 Å². The van der Waals surface area contributed by atoms with E-state index < -0.39 is 11.9 Å². The number of aliphatic carboxylic acids is 1. The van der Waals surface area contributed by atoms with Crippen LogP contribution in [0.3, 0.4) is 0 Å². The lowest BCUT2D eigenvalue weighted by atomic mass is 10.1. The van der Waals surface area contributed by atoms with Crippen molar-refractivity contribution < 1.29 is 19.8 Å². The van der Waals surface area contributed by atoms with Crippen molar-refractivity contribution in [3.05, 3.63) is 35.4 Å². The number of thioether (sulfide) groups is 1. The van der Waals surface area contributed by atoms with Crippen molar-refractivity contribution in [1.29, 1.82) is 0 Å². The molecule has 0 aliphatic heterocycles. The smallest absolute Gasteiger partial charge is 0.335 e. The summed E-state index contributed by atoms with van der Waals surface area (Å²) in [7, 11) is 0. The molecule has 0 heterocycles. The summed E-state index contributed by atoms with van der Waals surface area (Å²) >= 11 is 1.65. The van der Waals surface area contributed by atoms with Gasteiger partial charge < -0.3 is 10.2 Å². The predicted molar refractivity (Wildman–Crippen MR) is 66.4 cm³/mol. The molecule has 2 N–H and O–H groups in total. The molecular formula is C12H14O4S. The molecular weight excluding hydrogens is 240 g/mol. The van der Waals surface area contributed by atoms with Gasteiger partial charge in [-0.2, -0.15) is 11.8 Å². The summed E-state index contributed by atoms with van der Waals surface area (Å²) in [5.41, 5.74) is 1.33. The van der Waals surface area contributed by atoms with Gasteiger partial charge in [-0.05, 0) is 29.9 Å². The SMILES string of the molecule is O=C(O)CCCSCc1ccc(C(=O)O)cc1. The van der Waals surface area contributed by atoms with Crippen LogP contribution in [0.1, 0.15) is 28.8 Å². The lowest BCUT2D eigenvalue weighted by Gasteiger charge is -2.01. The first-order valence-electron chi connectivity index (χ1n) is 5.21. The first-order valence-corrected chi connectivity index (χ1v) is 6.37. The second-order valence-electron chi connectivity index (χ2n) is 3.55. The first-order chi connectivity index (χ1) is 8.09. The van der Waals surface area contributed by atoms with E-state index in [0.717, 1.165) is 17.1 Å². The van der Waals surface area contributed by atoms with Gasteiger partial charge in [0, 0.05) is 12.2 Å². The van der Waals surface area contributed by atoms with Gasteiger partial charge in [-0.15, -0.1) is 0 Å². The number of carboxylic acid groups (broad SMARTS) is 2. The molecule has 0 saturated heterocycles. The predicted octanol–water partition coefficient (Wildman–Crippen LogP) is 2.48. The maximum absolute atomic E-state index is 10.6. The van der Waals surface area contributed by atoms with Gasteiger partial charge in [-0.1, -0.05) is 12.1 Å². The third-order valence-corrected chi connectivity index (χ3v) is 3.26. The average Bonchev–Trinajstić information content (AvgIpc) is 2.29. The lowest BCUT2D eigenvalue weighted by Crippen LogP contribution is -1.96. The Morgan fingerprint density at radius 1 is 1.12 bits per heavy atom. The highest BCUT2D eigenvalue weighted by Gasteiger charge is 2.02. The van der Waals surface area contributed by atoms with Crippen LogP contribution in [0.15, 0.2) is 24.3 Å². The van der Waals surface area contributed by atoms with E-state index in [0.29, 0.717) is 6.42 Å². The minimum absolute atomic E-state index is 0.199. The number of benzene rings is 1. The van der Waals surface area contributed by atoms with Crippen LogP contribution in [-0.4, -0.2) is 27.9 Å². The molecule has 1 aromatic rings. The highest BCUT2D eigenvalue weighted by Crippen LogP contribution is 2.14. The van der Waals surface area contributed by atoms with Crippen LogP contribution in [-0.2, 0) is 10.5 Å². The molecule has 0 aliphatic carbocycles. The molecule has 1 rings (SSSR count). The van der Waals surface area contributed by atoms with Crippen molar-refractivity contribution in [2.75, 3.05) is 5.75 Å². The summed E-state index contributed by atoms with van der Waals surface area (Å²) < 4.78 is 0. The first kappa shape index (κ1) is 13.6. The zero-order valence-electron chi connectivity index (χ0n) is 9.26. The summed E-state index contributed by atoms with van der Waals surface area (Å²) in [6, 6.07) is 6.73. The molecule has 0 radical (unpaired) electrons. The number of hydrogen-bond acceptors (Lipinski definition) is 3. The molecule has 0 atom stereocenters. The normalized spacial score (nSPS) is 10.1. The van der Waals surface area contributed by atoms with Gasteiger partial charge in [-0.25, -0.2) is 4.79 Å². The number of carbonyl (C=O) groups is 2. The number of carboxylic acids is 2. The fourth-order valence-corrected chi connectivity index (χ4v) is 2.18. The van der Waals surface area contributed by atoms with E-state index in [1.165, 1.54) is 0 Å². The van der Waals surface area contributed by atoms with E-state index in [9.17, 15) is 9.59 Å². The van der Waals surface area contributed by atoms with Gasteiger partial charge >= 0.3 is 11.9 Å². The summed E-state index contributed by atoms with van der Waals surface area (Å²) in [5, 5.41) is 17.2. The minimum atomic E-state index is -0.925. The molecule has 0 fully saturated rings. The Hall–Kier alpha value is -1.49. The third-order valence-electron chi connectivity index (χ3n) is 2.15. The molecule has 1 aromatic carbocycles. The molecule has 0 aliphatic rings. The zero-order chi connectivity index (χ0) is 12.7. The number of hydrogen-bond donors (Lipinski definition) is 2. The minimum Gasteiger partial charge on any atom is -0.481 e. The van der Waals surface area contributed by atoms with Crippen molar-refractivity contribution in [1.82, 2.24) is 0 Å². The molecule has 17 heavy (non-hydrogen) atoms. The Morgan fingerprint density at radius 3 is 2.29 bits per heavy atom. The van der Waals surface area contributed by atoms with Gasteiger partial charge in [0.15, 0.2) is 0 Å². The molecule has 0 bridgehead atoms. The highest BCUT2D eigenvalue weighted by molar-refractivity contribution is 7.98. The number of rotatable bonds is 7. The Morgan fingerprint density at radius 2 is 1.76 bits per heavy atom. The van der Waals surface area contributed by atoms with Crippen molar-refractivity contribution in [3.63, 3.8) is 0 Å². The van der Waals surface area contributed by atoms with Gasteiger partial charge in [0.05, 0.1) is 5.56 Å². The molecule has 4 nitrogen and oxygen atoms in total. The Bertz CT molecular complexity index is 386. The summed E-state index contributed by atoms with van der Waals surface area (Å²) in [6.45, 7) is 0. The van der Waals surface area contributed by atoms with Crippen LogP contribution in [0.5, 0.6) is 0 Å². The molecule has 0 amide bonds. The van der Waals surface area contributed by atoms with Crippen LogP contribution < -0.4 is 0 Å². The van der Waals surface area contributed by atoms with Crippen LogP contribution >= 0.6 is 11.8 Å². The van der Waals surface area contributed by atoms with Gasteiger partial charge in [0.2, 0.25) is 0 Å². The Balaban J connectivity index is 2.27. The van der Waals surface area contributed by atoms with Crippen molar-refractivity contribution in [2.45, 2.75) is 18.6 Å². The number of aromatic carboxylic acids is 1.